The van der Waals surface area contributed by atoms with E-state index in [2.05, 4.69) is 17.5 Å². The third-order valence-electron chi connectivity index (χ3n) is 4.89. The van der Waals surface area contributed by atoms with Crippen LogP contribution in [0.25, 0.3) is 0 Å². The quantitative estimate of drug-likeness (QED) is 0.205. The van der Waals surface area contributed by atoms with Gasteiger partial charge in [-0.25, -0.2) is 10.2 Å². The number of ether oxygens (including phenoxy) is 2. The fourth-order valence-corrected chi connectivity index (χ4v) is 2.97. The maximum absolute atomic E-state index is 12.2. The number of carbonyl (C=O) groups is 2. The van der Waals surface area contributed by atoms with Gasteiger partial charge in [0.2, 0.25) is 0 Å². The van der Waals surface area contributed by atoms with Gasteiger partial charge in [0, 0.05) is 0 Å². The molecular weight excluding hydrogens is 416 g/mol. The molecule has 0 aliphatic heterocycles. The predicted molar refractivity (Wildman–Crippen MR) is 129 cm³/mol. The molecule has 0 saturated carbocycles. The largest absolute Gasteiger partial charge is 0.484 e. The van der Waals surface area contributed by atoms with Crippen molar-refractivity contribution >= 4 is 18.1 Å². The lowest BCUT2D eigenvalue weighted by Crippen LogP contribution is -2.24. The lowest BCUT2D eigenvalue weighted by atomic mass is 10.1. The van der Waals surface area contributed by atoms with Gasteiger partial charge in [0.05, 0.1) is 11.8 Å². The van der Waals surface area contributed by atoms with Crippen LogP contribution in [0, 0.1) is 6.92 Å². The first-order chi connectivity index (χ1) is 16.0. The first-order valence-corrected chi connectivity index (χ1v) is 11.0. The van der Waals surface area contributed by atoms with Gasteiger partial charge in [-0.15, -0.1) is 0 Å². The number of hydrogen-bond donors (Lipinski definition) is 1. The van der Waals surface area contributed by atoms with Gasteiger partial charge < -0.3 is 9.47 Å². The monoisotopic (exact) mass is 444 g/mol. The van der Waals surface area contributed by atoms with Crippen LogP contribution in [0.2, 0.25) is 0 Å². The lowest BCUT2D eigenvalue weighted by molar-refractivity contribution is -0.123. The molecule has 0 aromatic heterocycles. The van der Waals surface area contributed by atoms with Crippen molar-refractivity contribution in [2.75, 3.05) is 6.61 Å². The van der Waals surface area contributed by atoms with E-state index < -0.39 is 5.97 Å². The van der Waals surface area contributed by atoms with E-state index in [0.717, 1.165) is 30.4 Å². The van der Waals surface area contributed by atoms with Gasteiger partial charge in [0.25, 0.3) is 5.91 Å². The molecule has 0 heterocycles. The van der Waals surface area contributed by atoms with Gasteiger partial charge in [-0.2, -0.15) is 5.10 Å². The molecule has 0 fully saturated rings. The normalized spacial score (nSPS) is 10.7. The minimum atomic E-state index is -0.417. The van der Waals surface area contributed by atoms with E-state index in [1.807, 2.05) is 43.3 Å². The van der Waals surface area contributed by atoms with Crippen LogP contribution in [0.4, 0.5) is 0 Å². The van der Waals surface area contributed by atoms with E-state index in [4.69, 9.17) is 9.47 Å². The van der Waals surface area contributed by atoms with Crippen molar-refractivity contribution in [2.45, 2.75) is 33.1 Å². The Morgan fingerprint density at radius 1 is 0.909 bits per heavy atom. The highest BCUT2D eigenvalue weighted by atomic mass is 16.5. The average molecular weight is 445 g/mol. The minimum absolute atomic E-state index is 0.125. The number of nitrogens with one attached hydrogen (secondary N) is 1. The molecule has 6 heteroatoms. The highest BCUT2D eigenvalue weighted by molar-refractivity contribution is 5.91. The van der Waals surface area contributed by atoms with Crippen molar-refractivity contribution in [3.63, 3.8) is 0 Å². The second kappa shape index (κ2) is 12.2. The minimum Gasteiger partial charge on any atom is -0.484 e. The summed E-state index contributed by atoms with van der Waals surface area (Å²) in [6.07, 6.45) is 4.86. The van der Waals surface area contributed by atoms with Gasteiger partial charge in [-0.1, -0.05) is 43.2 Å². The average Bonchev–Trinajstić information content (AvgIpc) is 2.83. The molecule has 1 amide bonds. The van der Waals surface area contributed by atoms with Gasteiger partial charge in [-0.3, -0.25) is 4.79 Å². The summed E-state index contributed by atoms with van der Waals surface area (Å²) in [6.45, 7) is 4.00. The third-order valence-corrected chi connectivity index (χ3v) is 4.89. The van der Waals surface area contributed by atoms with Crippen molar-refractivity contribution in [3.8, 4) is 11.5 Å². The zero-order chi connectivity index (χ0) is 23.5. The maximum atomic E-state index is 12.2. The Labute approximate surface area is 194 Å². The Kier molecular flexibility index (Phi) is 8.77. The Morgan fingerprint density at radius 2 is 1.58 bits per heavy atom. The van der Waals surface area contributed by atoms with Crippen molar-refractivity contribution < 1.29 is 19.1 Å². The van der Waals surface area contributed by atoms with Crippen molar-refractivity contribution in [3.05, 3.63) is 95.1 Å². The van der Waals surface area contributed by atoms with Crippen molar-refractivity contribution in [1.29, 1.82) is 0 Å². The fourth-order valence-electron chi connectivity index (χ4n) is 2.97. The Balaban J connectivity index is 1.41. The number of hydrazone groups is 1. The Bertz CT molecular complexity index is 1070. The molecule has 33 heavy (non-hydrogen) atoms. The van der Waals surface area contributed by atoms with Crippen LogP contribution in [-0.4, -0.2) is 24.7 Å². The zero-order valence-electron chi connectivity index (χ0n) is 18.9. The molecule has 170 valence electrons. The summed E-state index contributed by atoms with van der Waals surface area (Å²) in [5, 5.41) is 3.94. The summed E-state index contributed by atoms with van der Waals surface area (Å²) in [6, 6.07) is 21.8. The standard InChI is InChI=1S/C27H28N2O4/c1-3-4-5-21-8-14-24(15-9-21)32-19-26(30)29-28-18-22-10-16-25(17-11-22)33-27(31)23-12-6-20(2)7-13-23/h6-18H,3-5,19H2,1-2H3,(H,29,30)/b28-18+. The number of carbonyl (C=O) groups excluding carboxylic acids is 2. The first-order valence-electron chi connectivity index (χ1n) is 11.0. The lowest BCUT2D eigenvalue weighted by Gasteiger charge is -2.06. The van der Waals surface area contributed by atoms with Gasteiger partial charge >= 0.3 is 5.97 Å². The molecule has 0 aliphatic rings. The van der Waals surface area contributed by atoms with E-state index in [0.29, 0.717) is 17.1 Å². The molecule has 0 spiro atoms. The summed E-state index contributed by atoms with van der Waals surface area (Å²) < 4.78 is 10.9. The van der Waals surface area contributed by atoms with Crippen LogP contribution in [0.5, 0.6) is 11.5 Å². The topological polar surface area (TPSA) is 77.0 Å². The van der Waals surface area contributed by atoms with Crippen molar-refractivity contribution in [2.24, 2.45) is 5.10 Å². The summed E-state index contributed by atoms with van der Waals surface area (Å²) in [7, 11) is 0. The van der Waals surface area contributed by atoms with E-state index in [-0.39, 0.29) is 12.5 Å². The summed E-state index contributed by atoms with van der Waals surface area (Å²) in [4.78, 5) is 24.1. The first kappa shape index (κ1) is 23.7. The summed E-state index contributed by atoms with van der Waals surface area (Å²) >= 11 is 0. The SMILES string of the molecule is CCCCc1ccc(OCC(=O)N/N=C/c2ccc(OC(=O)c3ccc(C)cc3)cc2)cc1. The molecule has 0 bridgehead atoms. The van der Waals surface area contributed by atoms with Crippen LogP contribution in [0.1, 0.15) is 46.8 Å². The Morgan fingerprint density at radius 3 is 2.24 bits per heavy atom. The summed E-state index contributed by atoms with van der Waals surface area (Å²) in [5.41, 5.74) is 6.00. The van der Waals surface area contributed by atoms with E-state index in [9.17, 15) is 9.59 Å². The predicted octanol–water partition coefficient (Wildman–Crippen LogP) is 5.09. The highest BCUT2D eigenvalue weighted by Crippen LogP contribution is 2.15. The van der Waals surface area contributed by atoms with Gasteiger partial charge in [-0.05, 0) is 79.4 Å². The number of amides is 1. The molecule has 3 aromatic rings. The molecule has 1 N–H and O–H groups in total. The van der Waals surface area contributed by atoms with Gasteiger partial charge in [0.15, 0.2) is 6.61 Å². The number of hydrogen-bond acceptors (Lipinski definition) is 5. The fraction of sp³-hybridized carbons (Fsp3) is 0.222. The number of benzene rings is 3. The number of rotatable bonds is 10. The Hall–Kier alpha value is -3.93. The van der Waals surface area contributed by atoms with Crippen LogP contribution in [-0.2, 0) is 11.2 Å². The molecule has 6 nitrogen and oxygen atoms in total. The second-order valence-corrected chi connectivity index (χ2v) is 7.65. The summed E-state index contributed by atoms with van der Waals surface area (Å²) in [5.74, 6) is 0.297. The molecule has 0 aliphatic carbocycles. The second-order valence-electron chi connectivity index (χ2n) is 7.65. The molecule has 0 unspecified atom stereocenters. The van der Waals surface area contributed by atoms with E-state index >= 15 is 0 Å². The zero-order valence-corrected chi connectivity index (χ0v) is 18.9. The van der Waals surface area contributed by atoms with Crippen LogP contribution < -0.4 is 14.9 Å². The highest BCUT2D eigenvalue weighted by Gasteiger charge is 2.08. The molecule has 0 saturated heterocycles. The van der Waals surface area contributed by atoms with Crippen LogP contribution >= 0.6 is 0 Å². The molecule has 3 aromatic carbocycles. The van der Waals surface area contributed by atoms with Crippen molar-refractivity contribution in [1.82, 2.24) is 5.43 Å². The number of nitrogens with zero attached hydrogens (tertiary/aromatic N) is 1. The molecule has 0 radical (unpaired) electrons. The van der Waals surface area contributed by atoms with Crippen LogP contribution in [0.15, 0.2) is 77.9 Å². The van der Waals surface area contributed by atoms with Crippen LogP contribution in [0.3, 0.4) is 0 Å². The number of aryl methyl sites for hydroxylation is 2. The molecule has 3 rings (SSSR count). The molecular formula is C27H28N2O4. The number of esters is 1. The third kappa shape index (κ3) is 7.92. The maximum Gasteiger partial charge on any atom is 0.343 e. The van der Waals surface area contributed by atoms with Gasteiger partial charge in [0.1, 0.15) is 11.5 Å². The smallest absolute Gasteiger partial charge is 0.343 e. The van der Waals surface area contributed by atoms with E-state index in [1.165, 1.54) is 11.8 Å². The number of unbranched alkanes of at least 4 members (excludes halogenated alkanes) is 1. The van der Waals surface area contributed by atoms with E-state index in [1.54, 1.807) is 36.4 Å². The molecule has 0 atom stereocenters.